The summed E-state index contributed by atoms with van der Waals surface area (Å²) in [6.07, 6.45) is -4.63. The van der Waals surface area contributed by atoms with E-state index in [-0.39, 0.29) is 11.9 Å². The van der Waals surface area contributed by atoms with Crippen molar-refractivity contribution in [3.8, 4) is 11.4 Å². The molecule has 0 bridgehead atoms. The van der Waals surface area contributed by atoms with E-state index in [9.17, 15) is 13.2 Å². The van der Waals surface area contributed by atoms with E-state index in [4.69, 9.17) is 5.73 Å². The standard InChI is InChI=1S/C11H10F3N3O/c1-6(15)7-2-4-8(5-3-7)9-16-10(18-17-9)11(12,13)14/h2-6H,15H2,1H3. The van der Waals surface area contributed by atoms with Crippen molar-refractivity contribution in [2.75, 3.05) is 0 Å². The SMILES string of the molecule is CC(N)c1ccc(-c2noc(C(F)(F)F)n2)cc1. The van der Waals surface area contributed by atoms with Gasteiger partial charge >= 0.3 is 12.1 Å². The van der Waals surface area contributed by atoms with Crippen LogP contribution in [-0.2, 0) is 6.18 Å². The van der Waals surface area contributed by atoms with Crippen LogP contribution in [0.25, 0.3) is 11.4 Å². The van der Waals surface area contributed by atoms with Crippen molar-refractivity contribution in [2.45, 2.75) is 19.1 Å². The highest BCUT2D eigenvalue weighted by Gasteiger charge is 2.38. The first-order valence-corrected chi connectivity index (χ1v) is 5.15. The topological polar surface area (TPSA) is 64.9 Å². The Balaban J connectivity index is 2.29. The van der Waals surface area contributed by atoms with Crippen molar-refractivity contribution in [1.29, 1.82) is 0 Å². The lowest BCUT2D eigenvalue weighted by atomic mass is 10.1. The van der Waals surface area contributed by atoms with Gasteiger partial charge < -0.3 is 10.3 Å². The molecule has 0 aliphatic heterocycles. The molecular formula is C11H10F3N3O. The monoisotopic (exact) mass is 257 g/mol. The van der Waals surface area contributed by atoms with Crippen LogP contribution in [0.3, 0.4) is 0 Å². The third-order valence-corrected chi connectivity index (χ3v) is 2.36. The number of benzene rings is 1. The molecule has 18 heavy (non-hydrogen) atoms. The molecular weight excluding hydrogens is 247 g/mol. The highest BCUT2D eigenvalue weighted by atomic mass is 19.4. The smallest absolute Gasteiger partial charge is 0.329 e. The summed E-state index contributed by atoms with van der Waals surface area (Å²) < 4.78 is 41.0. The first-order chi connectivity index (χ1) is 8.38. The van der Waals surface area contributed by atoms with E-state index in [0.717, 1.165) is 5.56 Å². The number of hydrogen-bond acceptors (Lipinski definition) is 4. The van der Waals surface area contributed by atoms with Gasteiger partial charge in [-0.05, 0) is 12.5 Å². The fourth-order valence-corrected chi connectivity index (χ4v) is 1.39. The minimum absolute atomic E-state index is 0.0986. The Morgan fingerprint density at radius 1 is 1.22 bits per heavy atom. The Labute approximate surface area is 101 Å². The van der Waals surface area contributed by atoms with Gasteiger partial charge in [0.1, 0.15) is 0 Å². The van der Waals surface area contributed by atoms with E-state index in [2.05, 4.69) is 14.7 Å². The summed E-state index contributed by atoms with van der Waals surface area (Å²) >= 11 is 0. The van der Waals surface area contributed by atoms with Crippen LogP contribution in [-0.4, -0.2) is 10.1 Å². The summed E-state index contributed by atoms with van der Waals surface area (Å²) in [6.45, 7) is 1.81. The van der Waals surface area contributed by atoms with Gasteiger partial charge in [-0.15, -0.1) is 0 Å². The van der Waals surface area contributed by atoms with Crippen LogP contribution >= 0.6 is 0 Å². The lowest BCUT2D eigenvalue weighted by molar-refractivity contribution is -0.159. The van der Waals surface area contributed by atoms with Crippen molar-refractivity contribution in [3.63, 3.8) is 0 Å². The number of rotatable bonds is 2. The van der Waals surface area contributed by atoms with Gasteiger partial charge in [-0.3, -0.25) is 0 Å². The summed E-state index contributed by atoms with van der Waals surface area (Å²) in [6, 6.07) is 6.48. The lowest BCUT2D eigenvalue weighted by Gasteiger charge is -2.04. The summed E-state index contributed by atoms with van der Waals surface area (Å²) in [5.41, 5.74) is 6.98. The highest BCUT2D eigenvalue weighted by molar-refractivity contribution is 5.54. The van der Waals surface area contributed by atoms with Crippen LogP contribution in [0, 0.1) is 0 Å². The molecule has 2 N–H and O–H groups in total. The number of nitrogens with two attached hydrogens (primary N) is 1. The third-order valence-electron chi connectivity index (χ3n) is 2.36. The van der Waals surface area contributed by atoms with E-state index >= 15 is 0 Å². The van der Waals surface area contributed by atoms with Crippen molar-refractivity contribution >= 4 is 0 Å². The van der Waals surface area contributed by atoms with E-state index in [1.165, 1.54) is 0 Å². The normalized spacial score (nSPS) is 13.6. The van der Waals surface area contributed by atoms with E-state index < -0.39 is 12.1 Å². The zero-order valence-electron chi connectivity index (χ0n) is 9.40. The molecule has 1 heterocycles. The van der Waals surface area contributed by atoms with Gasteiger partial charge in [0.25, 0.3) is 0 Å². The van der Waals surface area contributed by atoms with E-state index in [1.54, 1.807) is 24.3 Å². The van der Waals surface area contributed by atoms with Gasteiger partial charge in [0.2, 0.25) is 5.82 Å². The van der Waals surface area contributed by atoms with Crippen molar-refractivity contribution in [1.82, 2.24) is 10.1 Å². The lowest BCUT2D eigenvalue weighted by Crippen LogP contribution is -2.05. The van der Waals surface area contributed by atoms with Gasteiger partial charge in [0.15, 0.2) is 0 Å². The summed E-state index contributed by atoms with van der Waals surface area (Å²) in [7, 11) is 0. The fourth-order valence-electron chi connectivity index (χ4n) is 1.39. The maximum absolute atomic E-state index is 12.3. The fraction of sp³-hybridized carbons (Fsp3) is 0.273. The molecule has 0 aliphatic carbocycles. The van der Waals surface area contributed by atoms with Crippen LogP contribution in [0.2, 0.25) is 0 Å². The molecule has 7 heteroatoms. The largest absolute Gasteiger partial charge is 0.471 e. The molecule has 96 valence electrons. The molecule has 0 saturated carbocycles. The van der Waals surface area contributed by atoms with Crippen LogP contribution in [0.5, 0.6) is 0 Å². The second-order valence-electron chi connectivity index (χ2n) is 3.83. The van der Waals surface area contributed by atoms with Crippen molar-refractivity contribution in [3.05, 3.63) is 35.7 Å². The Bertz CT molecular complexity index is 531. The van der Waals surface area contributed by atoms with Crippen LogP contribution in [0.4, 0.5) is 13.2 Å². The molecule has 0 fully saturated rings. The first kappa shape index (κ1) is 12.6. The molecule has 2 rings (SSSR count). The maximum Gasteiger partial charge on any atom is 0.471 e. The second-order valence-corrected chi connectivity index (χ2v) is 3.83. The Morgan fingerprint density at radius 3 is 2.28 bits per heavy atom. The molecule has 0 radical (unpaired) electrons. The Hall–Kier alpha value is -1.89. The molecule has 1 unspecified atom stereocenters. The van der Waals surface area contributed by atoms with Gasteiger partial charge in [0.05, 0.1) is 0 Å². The predicted molar refractivity (Wildman–Crippen MR) is 57.3 cm³/mol. The zero-order chi connectivity index (χ0) is 13.3. The number of alkyl halides is 3. The zero-order valence-corrected chi connectivity index (χ0v) is 9.40. The molecule has 0 amide bonds. The number of hydrogen-bond donors (Lipinski definition) is 1. The van der Waals surface area contributed by atoms with E-state index in [0.29, 0.717) is 5.56 Å². The molecule has 1 aromatic carbocycles. The molecule has 0 saturated heterocycles. The summed E-state index contributed by atoms with van der Waals surface area (Å²) in [5.74, 6) is -1.45. The summed E-state index contributed by atoms with van der Waals surface area (Å²) in [5, 5.41) is 3.29. The molecule has 0 spiro atoms. The third kappa shape index (κ3) is 2.51. The highest BCUT2D eigenvalue weighted by Crippen LogP contribution is 2.29. The van der Waals surface area contributed by atoms with Crippen molar-refractivity contribution < 1.29 is 17.7 Å². The first-order valence-electron chi connectivity index (χ1n) is 5.15. The van der Waals surface area contributed by atoms with Crippen LogP contribution in [0.15, 0.2) is 28.8 Å². The van der Waals surface area contributed by atoms with Crippen LogP contribution < -0.4 is 5.73 Å². The minimum atomic E-state index is -4.63. The number of nitrogens with zero attached hydrogens (tertiary/aromatic N) is 2. The van der Waals surface area contributed by atoms with Crippen molar-refractivity contribution in [2.24, 2.45) is 5.73 Å². The maximum atomic E-state index is 12.3. The van der Waals surface area contributed by atoms with E-state index in [1.807, 2.05) is 6.92 Å². The number of halogens is 3. The quantitative estimate of drug-likeness (QED) is 0.898. The average molecular weight is 257 g/mol. The van der Waals surface area contributed by atoms with Gasteiger partial charge in [-0.2, -0.15) is 18.2 Å². The predicted octanol–water partition coefficient (Wildman–Crippen LogP) is 2.78. The molecule has 4 nitrogen and oxygen atoms in total. The Kier molecular flexibility index (Phi) is 3.08. The average Bonchev–Trinajstić information content (AvgIpc) is 2.78. The summed E-state index contributed by atoms with van der Waals surface area (Å²) in [4.78, 5) is 3.29. The van der Waals surface area contributed by atoms with Gasteiger partial charge in [0, 0.05) is 11.6 Å². The molecule has 1 aromatic heterocycles. The number of aromatic nitrogens is 2. The van der Waals surface area contributed by atoms with Gasteiger partial charge in [-0.25, -0.2) is 0 Å². The van der Waals surface area contributed by atoms with Crippen LogP contribution in [0.1, 0.15) is 24.4 Å². The minimum Gasteiger partial charge on any atom is -0.329 e. The molecule has 2 aromatic rings. The second kappa shape index (κ2) is 4.41. The molecule has 1 atom stereocenters. The Morgan fingerprint density at radius 2 is 1.83 bits per heavy atom. The molecule has 0 aliphatic rings. The van der Waals surface area contributed by atoms with Gasteiger partial charge in [-0.1, -0.05) is 29.4 Å².